The van der Waals surface area contributed by atoms with Crippen LogP contribution in [0.2, 0.25) is 0 Å². The Hall–Kier alpha value is -1.32. The van der Waals surface area contributed by atoms with Gasteiger partial charge in [0.1, 0.15) is 0 Å². The summed E-state index contributed by atoms with van der Waals surface area (Å²) in [4.78, 5) is 6.07. The molecular weight excluding hydrogens is 234 g/mol. The highest BCUT2D eigenvalue weighted by molar-refractivity contribution is 5.85. The van der Waals surface area contributed by atoms with E-state index in [2.05, 4.69) is 47.2 Å². The maximum absolute atomic E-state index is 3.53. The molecule has 3 nitrogen and oxygen atoms in total. The molecule has 1 saturated heterocycles. The first-order valence-electron chi connectivity index (χ1n) is 7.31. The smallest absolute Gasteiger partial charge is 0.0459 e. The third-order valence-corrected chi connectivity index (χ3v) is 4.18. The van der Waals surface area contributed by atoms with Crippen LogP contribution in [0.1, 0.15) is 23.7 Å². The number of aromatic nitrogens is 1. The molecule has 1 aromatic carbocycles. The predicted octanol–water partition coefficient (Wildman–Crippen LogP) is 2.44. The van der Waals surface area contributed by atoms with Gasteiger partial charge in [0.2, 0.25) is 0 Å². The van der Waals surface area contributed by atoms with E-state index < -0.39 is 0 Å². The molecular formula is C16H23N3. The van der Waals surface area contributed by atoms with Gasteiger partial charge in [-0.2, -0.15) is 0 Å². The molecule has 102 valence electrons. The van der Waals surface area contributed by atoms with Gasteiger partial charge in [-0.1, -0.05) is 13.0 Å². The topological polar surface area (TPSA) is 31.1 Å². The van der Waals surface area contributed by atoms with Gasteiger partial charge in [-0.3, -0.25) is 4.90 Å². The Balaban J connectivity index is 1.94. The fraction of sp³-hybridized carbons (Fsp3) is 0.500. The Labute approximate surface area is 115 Å². The van der Waals surface area contributed by atoms with E-state index in [1.54, 1.807) is 0 Å². The molecule has 0 unspecified atom stereocenters. The fourth-order valence-corrected chi connectivity index (χ4v) is 2.95. The standard InChI is InChI=1S/C16H23N3/c1-3-13-4-5-16-14(10-13)15(12(2)18-16)11-19-8-6-17-7-9-19/h4-5,10,17-18H,3,6-9,11H2,1-2H3. The summed E-state index contributed by atoms with van der Waals surface area (Å²) in [5.74, 6) is 0. The number of nitrogens with one attached hydrogen (secondary N) is 2. The van der Waals surface area contributed by atoms with Crippen LogP contribution < -0.4 is 5.32 Å². The van der Waals surface area contributed by atoms with Crippen molar-refractivity contribution in [3.8, 4) is 0 Å². The maximum atomic E-state index is 3.53. The number of aryl methyl sites for hydroxylation is 2. The van der Waals surface area contributed by atoms with Gasteiger partial charge in [0.05, 0.1) is 0 Å². The summed E-state index contributed by atoms with van der Waals surface area (Å²) in [6, 6.07) is 6.81. The molecule has 0 bridgehead atoms. The minimum Gasteiger partial charge on any atom is -0.358 e. The van der Waals surface area contributed by atoms with E-state index in [-0.39, 0.29) is 0 Å². The lowest BCUT2D eigenvalue weighted by molar-refractivity contribution is 0.233. The van der Waals surface area contributed by atoms with E-state index in [0.29, 0.717) is 0 Å². The quantitative estimate of drug-likeness (QED) is 0.885. The Bertz CT molecular complexity index is 565. The number of H-pyrrole nitrogens is 1. The number of nitrogens with zero attached hydrogens (tertiary/aromatic N) is 1. The van der Waals surface area contributed by atoms with Crippen molar-refractivity contribution in [1.82, 2.24) is 15.2 Å². The average molecular weight is 257 g/mol. The third kappa shape index (κ3) is 2.53. The minimum absolute atomic E-state index is 1.07. The molecule has 2 heterocycles. The van der Waals surface area contributed by atoms with Crippen molar-refractivity contribution < 1.29 is 0 Å². The molecule has 3 rings (SSSR count). The lowest BCUT2D eigenvalue weighted by Crippen LogP contribution is -2.42. The molecule has 0 spiro atoms. The Morgan fingerprint density at radius 3 is 2.74 bits per heavy atom. The van der Waals surface area contributed by atoms with Gasteiger partial charge in [-0.15, -0.1) is 0 Å². The largest absolute Gasteiger partial charge is 0.358 e. The number of fused-ring (bicyclic) bond motifs is 1. The lowest BCUT2D eigenvalue weighted by Gasteiger charge is -2.27. The number of piperazine rings is 1. The van der Waals surface area contributed by atoms with Gasteiger partial charge < -0.3 is 10.3 Å². The lowest BCUT2D eigenvalue weighted by atomic mass is 10.1. The number of benzene rings is 1. The van der Waals surface area contributed by atoms with E-state index in [9.17, 15) is 0 Å². The number of hydrogen-bond acceptors (Lipinski definition) is 2. The molecule has 2 N–H and O–H groups in total. The van der Waals surface area contributed by atoms with Gasteiger partial charge in [0.15, 0.2) is 0 Å². The molecule has 0 radical (unpaired) electrons. The molecule has 19 heavy (non-hydrogen) atoms. The fourth-order valence-electron chi connectivity index (χ4n) is 2.95. The van der Waals surface area contributed by atoms with Crippen molar-refractivity contribution >= 4 is 10.9 Å². The molecule has 1 aliphatic heterocycles. The second kappa shape index (κ2) is 5.35. The summed E-state index contributed by atoms with van der Waals surface area (Å²) in [7, 11) is 0. The SMILES string of the molecule is CCc1ccc2[nH]c(C)c(CN3CCNCC3)c2c1. The first-order chi connectivity index (χ1) is 9.28. The molecule has 1 aromatic heterocycles. The van der Waals surface area contributed by atoms with Crippen LogP contribution in [0.3, 0.4) is 0 Å². The molecule has 1 fully saturated rings. The Morgan fingerprint density at radius 2 is 2.00 bits per heavy atom. The zero-order valence-electron chi connectivity index (χ0n) is 11.9. The van der Waals surface area contributed by atoms with Crippen molar-refractivity contribution in [3.05, 3.63) is 35.0 Å². The van der Waals surface area contributed by atoms with Crippen LogP contribution in [0.25, 0.3) is 10.9 Å². The highest BCUT2D eigenvalue weighted by Crippen LogP contribution is 2.25. The molecule has 0 amide bonds. The zero-order chi connectivity index (χ0) is 13.2. The van der Waals surface area contributed by atoms with Crippen LogP contribution in [-0.2, 0) is 13.0 Å². The highest BCUT2D eigenvalue weighted by atomic mass is 15.2. The monoisotopic (exact) mass is 257 g/mol. The van der Waals surface area contributed by atoms with E-state index in [0.717, 1.165) is 39.1 Å². The third-order valence-electron chi connectivity index (χ3n) is 4.18. The van der Waals surface area contributed by atoms with E-state index in [1.165, 1.54) is 27.7 Å². The summed E-state index contributed by atoms with van der Waals surface area (Å²) >= 11 is 0. The highest BCUT2D eigenvalue weighted by Gasteiger charge is 2.15. The van der Waals surface area contributed by atoms with Gasteiger partial charge in [0.25, 0.3) is 0 Å². The minimum atomic E-state index is 1.07. The van der Waals surface area contributed by atoms with Gasteiger partial charge >= 0.3 is 0 Å². The second-order valence-corrected chi connectivity index (χ2v) is 5.49. The predicted molar refractivity (Wildman–Crippen MR) is 80.6 cm³/mol. The zero-order valence-corrected chi connectivity index (χ0v) is 11.9. The summed E-state index contributed by atoms with van der Waals surface area (Å²) < 4.78 is 0. The maximum Gasteiger partial charge on any atom is 0.0459 e. The first kappa shape index (κ1) is 12.7. The number of aromatic amines is 1. The first-order valence-corrected chi connectivity index (χ1v) is 7.31. The summed E-state index contributed by atoms with van der Waals surface area (Å²) in [5, 5.41) is 4.83. The Kier molecular flexibility index (Phi) is 3.58. The van der Waals surface area contributed by atoms with Crippen LogP contribution >= 0.6 is 0 Å². The van der Waals surface area contributed by atoms with E-state index in [1.807, 2.05) is 0 Å². The number of rotatable bonds is 3. The summed E-state index contributed by atoms with van der Waals surface area (Å²) in [6.07, 6.45) is 1.10. The summed E-state index contributed by atoms with van der Waals surface area (Å²) in [6.45, 7) is 10.0. The molecule has 0 saturated carbocycles. The molecule has 0 aliphatic carbocycles. The average Bonchev–Trinajstić information content (AvgIpc) is 2.76. The van der Waals surface area contributed by atoms with Gasteiger partial charge in [-0.25, -0.2) is 0 Å². The van der Waals surface area contributed by atoms with Crippen LogP contribution in [0.15, 0.2) is 18.2 Å². The van der Waals surface area contributed by atoms with Crippen molar-refractivity contribution in [2.45, 2.75) is 26.8 Å². The Morgan fingerprint density at radius 1 is 1.21 bits per heavy atom. The normalized spacial score (nSPS) is 17.2. The summed E-state index contributed by atoms with van der Waals surface area (Å²) in [5.41, 5.74) is 5.50. The molecule has 0 atom stereocenters. The van der Waals surface area contributed by atoms with Crippen LogP contribution in [0, 0.1) is 6.92 Å². The molecule has 1 aliphatic rings. The van der Waals surface area contributed by atoms with Crippen molar-refractivity contribution in [1.29, 1.82) is 0 Å². The molecule has 3 heteroatoms. The second-order valence-electron chi connectivity index (χ2n) is 5.49. The van der Waals surface area contributed by atoms with Crippen LogP contribution in [0.4, 0.5) is 0 Å². The van der Waals surface area contributed by atoms with Crippen LogP contribution in [0.5, 0.6) is 0 Å². The van der Waals surface area contributed by atoms with Crippen molar-refractivity contribution in [3.63, 3.8) is 0 Å². The van der Waals surface area contributed by atoms with Crippen molar-refractivity contribution in [2.75, 3.05) is 26.2 Å². The van der Waals surface area contributed by atoms with Gasteiger partial charge in [0, 0.05) is 49.3 Å². The van der Waals surface area contributed by atoms with Gasteiger partial charge in [-0.05, 0) is 36.6 Å². The molecule has 2 aromatic rings. The van der Waals surface area contributed by atoms with Crippen LogP contribution in [-0.4, -0.2) is 36.1 Å². The number of hydrogen-bond donors (Lipinski definition) is 2. The van der Waals surface area contributed by atoms with E-state index >= 15 is 0 Å². The van der Waals surface area contributed by atoms with E-state index in [4.69, 9.17) is 0 Å². The van der Waals surface area contributed by atoms with Crippen molar-refractivity contribution in [2.24, 2.45) is 0 Å².